The molecule has 0 bridgehead atoms. The molecule has 2 aromatic rings. The van der Waals surface area contributed by atoms with Crippen molar-refractivity contribution in [1.29, 1.82) is 0 Å². The third kappa shape index (κ3) is 7.93. The van der Waals surface area contributed by atoms with Gasteiger partial charge >= 0.3 is 6.18 Å². The van der Waals surface area contributed by atoms with Gasteiger partial charge in [0.05, 0.1) is 16.5 Å². The number of sulfonamides is 1. The highest BCUT2D eigenvalue weighted by atomic mass is 35.5. The number of carbonyl (C=O) groups excluding carboxylic acids is 1. The van der Waals surface area contributed by atoms with E-state index in [-0.39, 0.29) is 17.0 Å². The quantitative estimate of drug-likeness (QED) is 0.545. The van der Waals surface area contributed by atoms with Crippen molar-refractivity contribution >= 4 is 28.0 Å². The average molecular weight is 532 g/mol. The molecule has 2 aliphatic rings. The molecule has 1 amide bonds. The molecular formula is C24H29ClF3N3O3S. The van der Waals surface area contributed by atoms with Gasteiger partial charge in [0.2, 0.25) is 16.4 Å². The van der Waals surface area contributed by atoms with Crippen LogP contribution in [0, 0.1) is 0 Å². The Labute approximate surface area is 208 Å². The summed E-state index contributed by atoms with van der Waals surface area (Å²) in [6, 6.07) is 11.2. The second-order valence-electron chi connectivity index (χ2n) is 8.59. The number of amides is 1. The number of nitrogens with one attached hydrogen (secondary N) is 2. The summed E-state index contributed by atoms with van der Waals surface area (Å²) in [7, 11) is -3.74. The Hall–Kier alpha value is -2.14. The van der Waals surface area contributed by atoms with Crippen LogP contribution in [0.5, 0.6) is 0 Å². The van der Waals surface area contributed by atoms with Gasteiger partial charge in [-0.05, 0) is 54.8 Å². The van der Waals surface area contributed by atoms with Gasteiger partial charge < -0.3 is 10.2 Å². The molecule has 1 aliphatic heterocycles. The summed E-state index contributed by atoms with van der Waals surface area (Å²) in [6.07, 6.45) is 1.05. The van der Waals surface area contributed by atoms with Crippen LogP contribution in [0.15, 0.2) is 53.4 Å². The largest absolute Gasteiger partial charge is 0.416 e. The predicted octanol–water partition coefficient (Wildman–Crippen LogP) is 4.76. The zero-order valence-corrected chi connectivity index (χ0v) is 20.7. The first kappa shape index (κ1) is 27.4. The molecule has 1 heterocycles. The van der Waals surface area contributed by atoms with E-state index in [9.17, 15) is 26.4 Å². The van der Waals surface area contributed by atoms with E-state index in [4.69, 9.17) is 11.6 Å². The van der Waals surface area contributed by atoms with Crippen LogP contribution in [0.2, 0.25) is 5.02 Å². The van der Waals surface area contributed by atoms with Crippen LogP contribution in [0.3, 0.4) is 0 Å². The zero-order valence-electron chi connectivity index (χ0n) is 19.1. The summed E-state index contributed by atoms with van der Waals surface area (Å²) in [6.45, 7) is 2.43. The average Bonchev–Trinajstić information content (AvgIpc) is 2.85. The van der Waals surface area contributed by atoms with Gasteiger partial charge in [-0.25, -0.2) is 13.1 Å². The van der Waals surface area contributed by atoms with Crippen molar-refractivity contribution in [3.8, 4) is 0 Å². The highest BCUT2D eigenvalue weighted by Gasteiger charge is 2.31. The monoisotopic (exact) mass is 531 g/mol. The number of hydrogen-bond acceptors (Lipinski definition) is 4. The van der Waals surface area contributed by atoms with Gasteiger partial charge in [0.1, 0.15) is 0 Å². The van der Waals surface area contributed by atoms with E-state index in [1.54, 1.807) is 0 Å². The van der Waals surface area contributed by atoms with Crippen LogP contribution in [-0.2, 0) is 21.0 Å². The van der Waals surface area contributed by atoms with Crippen LogP contribution in [0.25, 0.3) is 0 Å². The molecule has 0 radical (unpaired) electrons. The third-order valence-corrected chi connectivity index (χ3v) is 7.88. The number of benzene rings is 2. The summed E-state index contributed by atoms with van der Waals surface area (Å²) >= 11 is 5.82. The lowest BCUT2D eigenvalue weighted by Crippen LogP contribution is -2.45. The lowest BCUT2D eigenvalue weighted by Gasteiger charge is -2.33. The van der Waals surface area contributed by atoms with E-state index in [2.05, 4.69) is 10.0 Å². The van der Waals surface area contributed by atoms with Crippen molar-refractivity contribution in [3.63, 3.8) is 0 Å². The van der Waals surface area contributed by atoms with Gasteiger partial charge in [-0.15, -0.1) is 0 Å². The van der Waals surface area contributed by atoms with Gasteiger partial charge in [0, 0.05) is 30.7 Å². The number of carbonyl (C=O) groups is 1. The Bertz CT molecular complexity index is 1060. The van der Waals surface area contributed by atoms with Gasteiger partial charge in [-0.2, -0.15) is 13.2 Å². The van der Waals surface area contributed by atoms with Crippen LogP contribution in [-0.4, -0.2) is 45.4 Å². The Morgan fingerprint density at radius 2 is 1.63 bits per heavy atom. The summed E-state index contributed by atoms with van der Waals surface area (Å²) in [5.74, 6) is 0. The fraction of sp³-hybridized carbons (Fsp3) is 0.458. The molecule has 1 unspecified atom stereocenters. The topological polar surface area (TPSA) is 78.5 Å². The van der Waals surface area contributed by atoms with Gasteiger partial charge in [-0.3, -0.25) is 4.79 Å². The molecule has 1 atom stereocenters. The third-order valence-electron chi connectivity index (χ3n) is 6.09. The Kier molecular flexibility index (Phi) is 9.57. The molecule has 2 aromatic carbocycles. The van der Waals surface area contributed by atoms with Crippen LogP contribution >= 0.6 is 11.6 Å². The molecule has 4 rings (SSSR count). The van der Waals surface area contributed by atoms with Gasteiger partial charge in [-0.1, -0.05) is 43.0 Å². The highest BCUT2D eigenvalue weighted by Crippen LogP contribution is 2.30. The highest BCUT2D eigenvalue weighted by molar-refractivity contribution is 7.89. The maximum absolute atomic E-state index is 12.4. The second kappa shape index (κ2) is 12.2. The molecule has 35 heavy (non-hydrogen) atoms. The summed E-state index contributed by atoms with van der Waals surface area (Å²) in [4.78, 5) is 12.6. The molecule has 6 nitrogen and oxygen atoms in total. The van der Waals surface area contributed by atoms with Crippen molar-refractivity contribution in [2.75, 3.05) is 19.6 Å². The smallest absolute Gasteiger partial charge is 0.336 e. The van der Waals surface area contributed by atoms with Crippen LogP contribution in [0.4, 0.5) is 13.2 Å². The van der Waals surface area contributed by atoms with E-state index in [1.165, 1.54) is 0 Å². The van der Waals surface area contributed by atoms with E-state index < -0.39 is 21.8 Å². The molecular weight excluding hydrogens is 503 g/mol. The van der Waals surface area contributed by atoms with E-state index in [0.717, 1.165) is 93.0 Å². The first-order valence-electron chi connectivity index (χ1n) is 11.5. The maximum Gasteiger partial charge on any atom is 0.416 e. The first-order chi connectivity index (χ1) is 16.6. The normalized spacial score (nSPS) is 19.5. The lowest BCUT2D eigenvalue weighted by molar-refractivity contribution is -0.137. The molecule has 11 heteroatoms. The van der Waals surface area contributed by atoms with E-state index in [0.29, 0.717) is 0 Å². The minimum Gasteiger partial charge on any atom is -0.336 e. The van der Waals surface area contributed by atoms with Crippen molar-refractivity contribution in [2.45, 2.75) is 55.3 Å². The van der Waals surface area contributed by atoms with E-state index in [1.807, 2.05) is 29.2 Å². The SMILES string of the molecule is O=CN1CCNCC1c1ccc(Cl)cc1.O=S(=O)(NC1CCCCC1)c1ccc(C(F)(F)F)cc1. The van der Waals surface area contributed by atoms with Crippen molar-refractivity contribution < 1.29 is 26.4 Å². The van der Waals surface area contributed by atoms with E-state index >= 15 is 0 Å². The number of piperazine rings is 1. The molecule has 0 aromatic heterocycles. The molecule has 0 spiro atoms. The van der Waals surface area contributed by atoms with Crippen molar-refractivity contribution in [1.82, 2.24) is 14.9 Å². The van der Waals surface area contributed by atoms with Crippen LogP contribution < -0.4 is 10.0 Å². The second-order valence-corrected chi connectivity index (χ2v) is 10.7. The van der Waals surface area contributed by atoms with Crippen molar-refractivity contribution in [3.05, 3.63) is 64.7 Å². The molecule has 2 fully saturated rings. The Morgan fingerprint density at radius 1 is 1.00 bits per heavy atom. The molecule has 192 valence electrons. The first-order valence-corrected chi connectivity index (χ1v) is 13.3. The number of halogens is 4. The fourth-order valence-electron chi connectivity index (χ4n) is 4.17. The molecule has 2 N–H and O–H groups in total. The molecule has 1 saturated heterocycles. The summed E-state index contributed by atoms with van der Waals surface area (Å²) < 4.78 is 64.0. The maximum atomic E-state index is 12.4. The number of nitrogens with zero attached hydrogens (tertiary/aromatic N) is 1. The summed E-state index contributed by atoms with van der Waals surface area (Å²) in [5, 5.41) is 4.00. The van der Waals surface area contributed by atoms with Gasteiger partial charge in [0.15, 0.2) is 0 Å². The van der Waals surface area contributed by atoms with Gasteiger partial charge in [0.25, 0.3) is 0 Å². The standard InChI is InChI=1S/C13H16F3NO2S.C11H13ClN2O/c14-13(15,16)10-6-8-12(9-7-10)20(18,19)17-11-4-2-1-3-5-11;12-10-3-1-9(2-4-10)11-7-13-5-6-14(11)8-15/h6-9,11,17H,1-5H2;1-4,8,11,13H,5-7H2. The predicted molar refractivity (Wildman–Crippen MR) is 128 cm³/mol. The minimum atomic E-state index is -4.46. The molecule has 1 saturated carbocycles. The molecule has 1 aliphatic carbocycles. The number of rotatable bonds is 5. The van der Waals surface area contributed by atoms with Crippen LogP contribution in [0.1, 0.15) is 49.3 Å². The Morgan fingerprint density at radius 3 is 2.20 bits per heavy atom. The zero-order chi connectivity index (χ0) is 25.5. The Balaban J connectivity index is 0.000000203. The van der Waals surface area contributed by atoms with Crippen molar-refractivity contribution in [2.24, 2.45) is 0 Å². The summed E-state index contributed by atoms with van der Waals surface area (Å²) in [5.41, 5.74) is 0.271. The fourth-order valence-corrected chi connectivity index (χ4v) is 5.60. The number of alkyl halides is 3. The number of hydrogen-bond donors (Lipinski definition) is 2. The lowest BCUT2D eigenvalue weighted by atomic mass is 9.96. The minimum absolute atomic E-state index is 0.115.